The lowest BCUT2D eigenvalue weighted by molar-refractivity contribution is -0.141. The van der Waals surface area contributed by atoms with E-state index in [1.54, 1.807) is 0 Å². The minimum atomic E-state index is -4.43. The number of nitrogens with zero attached hydrogens (tertiary/aromatic N) is 3. The van der Waals surface area contributed by atoms with Crippen molar-refractivity contribution in [2.45, 2.75) is 26.2 Å². The van der Waals surface area contributed by atoms with Gasteiger partial charge in [0.25, 0.3) is 0 Å². The van der Waals surface area contributed by atoms with Gasteiger partial charge < -0.3 is 9.47 Å². The standard InChI is InChI=1S/C9H10F3N3O/c1-6(16)14-2-3-15-4-7(9(10,11)12)13-8(15)5-14/h4H,2-3,5H2,1H3. The van der Waals surface area contributed by atoms with E-state index in [0.717, 1.165) is 6.20 Å². The molecule has 0 N–H and O–H groups in total. The van der Waals surface area contributed by atoms with Crippen LogP contribution in [0.1, 0.15) is 18.4 Å². The van der Waals surface area contributed by atoms with Gasteiger partial charge in [-0.1, -0.05) is 0 Å². The van der Waals surface area contributed by atoms with E-state index in [0.29, 0.717) is 13.1 Å². The van der Waals surface area contributed by atoms with Crippen LogP contribution in [0.2, 0.25) is 0 Å². The van der Waals surface area contributed by atoms with Crippen LogP contribution < -0.4 is 0 Å². The highest BCUT2D eigenvalue weighted by Crippen LogP contribution is 2.29. The van der Waals surface area contributed by atoms with E-state index in [4.69, 9.17) is 0 Å². The zero-order valence-corrected chi connectivity index (χ0v) is 8.58. The summed E-state index contributed by atoms with van der Waals surface area (Å²) in [5.41, 5.74) is -0.895. The van der Waals surface area contributed by atoms with Gasteiger partial charge in [-0.25, -0.2) is 4.98 Å². The fraction of sp³-hybridized carbons (Fsp3) is 0.556. The highest BCUT2D eigenvalue weighted by molar-refractivity contribution is 5.73. The lowest BCUT2D eigenvalue weighted by Crippen LogP contribution is -2.36. The van der Waals surface area contributed by atoms with Gasteiger partial charge in [0.1, 0.15) is 5.82 Å². The molecule has 2 heterocycles. The summed E-state index contributed by atoms with van der Waals surface area (Å²) in [7, 11) is 0. The molecule has 0 atom stereocenters. The van der Waals surface area contributed by atoms with E-state index in [-0.39, 0.29) is 18.3 Å². The van der Waals surface area contributed by atoms with E-state index in [1.807, 2.05) is 0 Å². The molecule has 1 aromatic heterocycles. The molecule has 0 radical (unpaired) electrons. The van der Waals surface area contributed by atoms with Crippen molar-refractivity contribution < 1.29 is 18.0 Å². The molecule has 0 spiro atoms. The molecule has 2 rings (SSSR count). The third kappa shape index (κ3) is 1.89. The second-order valence-corrected chi connectivity index (χ2v) is 3.67. The molecule has 88 valence electrons. The van der Waals surface area contributed by atoms with Crippen LogP contribution in [-0.4, -0.2) is 26.9 Å². The van der Waals surface area contributed by atoms with Gasteiger partial charge in [0, 0.05) is 26.2 Å². The van der Waals surface area contributed by atoms with E-state index in [9.17, 15) is 18.0 Å². The van der Waals surface area contributed by atoms with Crippen LogP contribution in [0.4, 0.5) is 13.2 Å². The maximum Gasteiger partial charge on any atom is 0.434 e. The van der Waals surface area contributed by atoms with Gasteiger partial charge in [0.05, 0.1) is 6.54 Å². The molecule has 0 unspecified atom stereocenters. The Hall–Kier alpha value is -1.53. The van der Waals surface area contributed by atoms with Gasteiger partial charge in [-0.05, 0) is 0 Å². The first-order valence-corrected chi connectivity index (χ1v) is 4.76. The average molecular weight is 233 g/mol. The van der Waals surface area contributed by atoms with E-state index in [1.165, 1.54) is 16.4 Å². The number of fused-ring (bicyclic) bond motifs is 1. The lowest BCUT2D eigenvalue weighted by Gasteiger charge is -2.26. The van der Waals surface area contributed by atoms with Crippen molar-refractivity contribution in [2.24, 2.45) is 0 Å². The Morgan fingerprint density at radius 1 is 1.44 bits per heavy atom. The van der Waals surface area contributed by atoms with Crippen LogP contribution in [-0.2, 0) is 24.1 Å². The van der Waals surface area contributed by atoms with E-state index in [2.05, 4.69) is 4.98 Å². The van der Waals surface area contributed by atoms with Crippen molar-refractivity contribution in [1.29, 1.82) is 0 Å². The largest absolute Gasteiger partial charge is 0.434 e. The Kier molecular flexibility index (Phi) is 2.40. The van der Waals surface area contributed by atoms with Crippen molar-refractivity contribution in [3.05, 3.63) is 17.7 Å². The molecule has 4 nitrogen and oxygen atoms in total. The second-order valence-electron chi connectivity index (χ2n) is 3.67. The van der Waals surface area contributed by atoms with Crippen LogP contribution in [0.5, 0.6) is 0 Å². The minimum Gasteiger partial charge on any atom is -0.334 e. The molecule has 16 heavy (non-hydrogen) atoms. The molecule has 0 saturated heterocycles. The normalized spacial score (nSPS) is 16.1. The number of rotatable bonds is 0. The summed E-state index contributed by atoms with van der Waals surface area (Å²) in [4.78, 5) is 16.1. The molecular weight excluding hydrogens is 223 g/mol. The number of imidazole rings is 1. The van der Waals surface area contributed by atoms with Gasteiger partial charge >= 0.3 is 6.18 Å². The number of alkyl halides is 3. The van der Waals surface area contributed by atoms with E-state index >= 15 is 0 Å². The Bertz CT molecular complexity index is 424. The summed E-state index contributed by atoms with van der Waals surface area (Å²) < 4.78 is 38.6. The summed E-state index contributed by atoms with van der Waals surface area (Å²) >= 11 is 0. The Morgan fingerprint density at radius 3 is 2.69 bits per heavy atom. The van der Waals surface area contributed by atoms with Crippen molar-refractivity contribution in [3.63, 3.8) is 0 Å². The number of aromatic nitrogens is 2. The van der Waals surface area contributed by atoms with Crippen LogP contribution in [0, 0.1) is 0 Å². The van der Waals surface area contributed by atoms with Crippen molar-refractivity contribution >= 4 is 5.91 Å². The summed E-state index contributed by atoms with van der Waals surface area (Å²) in [5.74, 6) is 0.136. The van der Waals surface area contributed by atoms with Gasteiger partial charge in [-0.3, -0.25) is 4.79 Å². The minimum absolute atomic E-state index is 0.144. The maximum atomic E-state index is 12.4. The third-order valence-corrected chi connectivity index (χ3v) is 2.54. The first-order valence-electron chi connectivity index (χ1n) is 4.76. The first-order chi connectivity index (χ1) is 7.38. The van der Waals surface area contributed by atoms with Crippen molar-refractivity contribution in [2.75, 3.05) is 6.54 Å². The third-order valence-electron chi connectivity index (χ3n) is 2.54. The lowest BCUT2D eigenvalue weighted by atomic mass is 10.3. The molecule has 7 heteroatoms. The summed E-state index contributed by atoms with van der Waals surface area (Å²) in [6, 6.07) is 0. The van der Waals surface area contributed by atoms with Crippen LogP contribution >= 0.6 is 0 Å². The number of carbonyl (C=O) groups is 1. The van der Waals surface area contributed by atoms with Crippen LogP contribution in [0.3, 0.4) is 0 Å². The monoisotopic (exact) mass is 233 g/mol. The zero-order chi connectivity index (χ0) is 11.9. The molecule has 1 aliphatic heterocycles. The number of halogens is 3. The topological polar surface area (TPSA) is 38.1 Å². The smallest absolute Gasteiger partial charge is 0.334 e. The summed E-state index contributed by atoms with van der Waals surface area (Å²) in [6.07, 6.45) is -3.43. The van der Waals surface area contributed by atoms with Crippen LogP contribution in [0.25, 0.3) is 0 Å². The fourth-order valence-corrected chi connectivity index (χ4v) is 1.66. The number of hydrogen-bond acceptors (Lipinski definition) is 2. The quantitative estimate of drug-likeness (QED) is 0.676. The summed E-state index contributed by atoms with van der Waals surface area (Å²) in [6.45, 7) is 2.32. The van der Waals surface area contributed by atoms with E-state index < -0.39 is 11.9 Å². The van der Waals surface area contributed by atoms with Crippen molar-refractivity contribution in [1.82, 2.24) is 14.5 Å². The molecule has 0 saturated carbocycles. The van der Waals surface area contributed by atoms with Gasteiger partial charge in [-0.15, -0.1) is 0 Å². The molecular formula is C9H10F3N3O. The SMILES string of the molecule is CC(=O)N1CCn2cc(C(F)(F)F)nc2C1. The fourth-order valence-electron chi connectivity index (χ4n) is 1.66. The van der Waals surface area contributed by atoms with Gasteiger partial charge in [0.2, 0.25) is 5.91 Å². The molecule has 1 amide bonds. The summed E-state index contributed by atoms with van der Waals surface area (Å²) in [5, 5.41) is 0. The highest BCUT2D eigenvalue weighted by Gasteiger charge is 2.35. The molecule has 1 aromatic rings. The zero-order valence-electron chi connectivity index (χ0n) is 8.58. The molecule has 0 aliphatic carbocycles. The predicted octanol–water partition coefficient (Wildman–Crippen LogP) is 1.26. The Morgan fingerprint density at radius 2 is 2.12 bits per heavy atom. The average Bonchev–Trinajstić information content (AvgIpc) is 2.58. The van der Waals surface area contributed by atoms with Crippen LogP contribution in [0.15, 0.2) is 6.20 Å². The highest BCUT2D eigenvalue weighted by atomic mass is 19.4. The van der Waals surface area contributed by atoms with Crippen molar-refractivity contribution in [3.8, 4) is 0 Å². The molecule has 0 bridgehead atoms. The predicted molar refractivity (Wildman–Crippen MR) is 48.3 cm³/mol. The molecule has 0 fully saturated rings. The Balaban J connectivity index is 2.27. The first kappa shape index (κ1) is 11.0. The number of amides is 1. The maximum absolute atomic E-state index is 12.4. The molecule has 0 aromatic carbocycles. The molecule has 1 aliphatic rings. The Labute approximate surface area is 89.7 Å². The van der Waals surface area contributed by atoms with Gasteiger partial charge in [-0.2, -0.15) is 13.2 Å². The number of hydrogen-bond donors (Lipinski definition) is 0. The second kappa shape index (κ2) is 3.50. The van der Waals surface area contributed by atoms with Gasteiger partial charge in [0.15, 0.2) is 5.69 Å². The number of carbonyl (C=O) groups excluding carboxylic acids is 1.